The highest BCUT2D eigenvalue weighted by atomic mass is 32.2. The zero-order chi connectivity index (χ0) is 32.8. The maximum Gasteiger partial charge on any atom is 0.435 e. The van der Waals surface area contributed by atoms with Crippen LogP contribution in [0, 0.1) is 10.8 Å². The predicted molar refractivity (Wildman–Crippen MR) is 147 cm³/mol. The van der Waals surface area contributed by atoms with Crippen molar-refractivity contribution in [3.05, 3.63) is 72.0 Å². The summed E-state index contributed by atoms with van der Waals surface area (Å²) in [5.41, 5.74) is -9.09. The van der Waals surface area contributed by atoms with Gasteiger partial charge >= 0.3 is 18.0 Å². The van der Waals surface area contributed by atoms with Gasteiger partial charge in [-0.05, 0) is 63.1 Å². The molecule has 1 saturated heterocycles. The number of carbonyl (C=O) groups excluding carboxylic acids is 1. The number of nitrogens with zero attached hydrogens (tertiary/aromatic N) is 1. The quantitative estimate of drug-likeness (QED) is 0.274. The Labute approximate surface area is 254 Å². The van der Waals surface area contributed by atoms with Gasteiger partial charge in [-0.3, -0.25) is 4.79 Å². The largest absolute Gasteiger partial charge is 0.512 e. The predicted octanol–water partition coefficient (Wildman–Crippen LogP) is 7.05. The number of fused-ring (bicyclic) bond motifs is 6. The van der Waals surface area contributed by atoms with E-state index in [0.29, 0.717) is 44.6 Å². The molecule has 45 heavy (non-hydrogen) atoms. The van der Waals surface area contributed by atoms with E-state index in [1.54, 1.807) is 6.07 Å². The molecular formula is C31H30F7NO5S. The zero-order valence-corrected chi connectivity index (χ0v) is 24.7. The molecule has 1 N–H and O–H groups in total. The van der Waals surface area contributed by atoms with Crippen LogP contribution in [0.25, 0.3) is 0 Å². The molecule has 3 saturated carbocycles. The minimum Gasteiger partial charge on any atom is -0.512 e. The Kier molecular flexibility index (Phi) is 6.94. The first-order chi connectivity index (χ1) is 20.9. The number of ether oxygens (including phenoxy) is 1. The van der Waals surface area contributed by atoms with Crippen LogP contribution < -0.4 is 4.74 Å². The number of allylic oxidation sites excluding steroid dienone is 1. The number of aliphatic hydroxyl groups excluding tert-OH is 1. The molecule has 6 nitrogen and oxygen atoms in total. The van der Waals surface area contributed by atoms with Crippen molar-refractivity contribution in [2.24, 2.45) is 10.8 Å². The average Bonchev–Trinajstić information content (AvgIpc) is 3.41. The van der Waals surface area contributed by atoms with E-state index in [4.69, 9.17) is 4.74 Å². The lowest BCUT2D eigenvalue weighted by Gasteiger charge is -2.53. The van der Waals surface area contributed by atoms with Crippen molar-refractivity contribution < 1.29 is 53.8 Å². The minimum atomic E-state index is -6.37. The van der Waals surface area contributed by atoms with Gasteiger partial charge in [-0.1, -0.05) is 36.9 Å². The summed E-state index contributed by atoms with van der Waals surface area (Å²) in [5.74, 6) is -0.870. The molecule has 2 unspecified atom stereocenters. The maximum absolute atomic E-state index is 15.0. The van der Waals surface area contributed by atoms with Gasteiger partial charge in [0.25, 0.3) is 0 Å². The summed E-state index contributed by atoms with van der Waals surface area (Å²) in [7, 11) is -4.47. The van der Waals surface area contributed by atoms with Crippen molar-refractivity contribution in [1.82, 2.24) is 4.90 Å². The van der Waals surface area contributed by atoms with Crippen molar-refractivity contribution >= 4 is 15.7 Å². The van der Waals surface area contributed by atoms with Crippen LogP contribution in [0.4, 0.5) is 30.7 Å². The van der Waals surface area contributed by atoms with Gasteiger partial charge in [0.1, 0.15) is 17.1 Å². The van der Waals surface area contributed by atoms with E-state index in [1.807, 2.05) is 0 Å². The summed E-state index contributed by atoms with van der Waals surface area (Å²) in [6, 6.07) is 7.27. The van der Waals surface area contributed by atoms with E-state index in [9.17, 15) is 44.7 Å². The molecule has 1 amide bonds. The van der Waals surface area contributed by atoms with Crippen molar-refractivity contribution in [3.8, 4) is 5.75 Å². The number of hydrogen-bond donors (Lipinski definition) is 1. The van der Waals surface area contributed by atoms with Gasteiger partial charge in [-0.25, -0.2) is 12.8 Å². The first-order valence-electron chi connectivity index (χ1n) is 14.5. The fourth-order valence-corrected chi connectivity index (χ4v) is 10.3. The highest BCUT2D eigenvalue weighted by Gasteiger charge is 2.74. The number of hydrogen-bond acceptors (Lipinski definition) is 5. The molecule has 4 fully saturated rings. The third-order valence-corrected chi connectivity index (χ3v) is 13.3. The van der Waals surface area contributed by atoms with E-state index >= 15 is 4.39 Å². The second-order valence-corrected chi connectivity index (χ2v) is 14.9. The first kappa shape index (κ1) is 31.7. The highest BCUT2D eigenvalue weighted by molar-refractivity contribution is 7.92. The van der Waals surface area contributed by atoms with E-state index < -0.39 is 67.4 Å². The standard InChI is InChI=1S/C31H30F7NO5S/c1-19(40)26-9-12-27(13-10-26,14-11-26)25(41)39-16-15-28(45(42,43)21-5-3-2-4-6-21)22-8-7-20(17-23(22)44-18-24(28)39)29(32,30(33,34)35)31(36,37)38/h2-8,17,24,40H,1,9-16,18H2. The summed E-state index contributed by atoms with van der Waals surface area (Å²) < 4.78 is 129. The Morgan fingerprint density at radius 2 is 1.42 bits per heavy atom. The lowest BCUT2D eigenvalue weighted by Crippen LogP contribution is -2.59. The fourth-order valence-electron chi connectivity index (χ4n) is 8.02. The number of halogens is 7. The van der Waals surface area contributed by atoms with Crippen LogP contribution in [0.1, 0.15) is 56.1 Å². The first-order valence-corrected chi connectivity index (χ1v) is 15.9. The molecule has 7 rings (SSSR count). The molecule has 2 heterocycles. The van der Waals surface area contributed by atoms with Crippen molar-refractivity contribution in [2.45, 2.75) is 78.7 Å². The van der Waals surface area contributed by atoms with Crippen LogP contribution in [0.3, 0.4) is 0 Å². The van der Waals surface area contributed by atoms with Gasteiger partial charge in [-0.2, -0.15) is 26.3 Å². The molecule has 2 atom stereocenters. The van der Waals surface area contributed by atoms with Crippen LogP contribution in [0.5, 0.6) is 5.75 Å². The third kappa shape index (κ3) is 4.19. The maximum atomic E-state index is 15.0. The molecule has 14 heteroatoms. The number of alkyl halides is 7. The van der Waals surface area contributed by atoms with Crippen LogP contribution in [0.15, 0.2) is 65.8 Å². The number of carbonyl (C=O) groups is 1. The molecule has 2 aromatic carbocycles. The van der Waals surface area contributed by atoms with Crippen LogP contribution in [-0.2, 0) is 25.0 Å². The normalized spacial score (nSPS) is 29.9. The lowest BCUT2D eigenvalue weighted by molar-refractivity contribution is -0.348. The van der Waals surface area contributed by atoms with E-state index in [0.717, 1.165) is 6.07 Å². The third-order valence-electron chi connectivity index (χ3n) is 10.8. The highest BCUT2D eigenvalue weighted by Crippen LogP contribution is 2.62. The fraction of sp³-hybridized carbons (Fsp3) is 0.516. The molecule has 0 aromatic heterocycles. The molecule has 0 spiro atoms. The van der Waals surface area contributed by atoms with Gasteiger partial charge in [0.2, 0.25) is 5.91 Å². The second-order valence-electron chi connectivity index (χ2n) is 12.7. The summed E-state index contributed by atoms with van der Waals surface area (Å²) in [4.78, 5) is 15.6. The summed E-state index contributed by atoms with van der Waals surface area (Å²) >= 11 is 0. The van der Waals surface area contributed by atoms with Crippen LogP contribution >= 0.6 is 0 Å². The Bertz CT molecular complexity index is 1620. The average molecular weight is 662 g/mol. The minimum absolute atomic E-state index is 0.0716. The molecule has 5 aliphatic rings. The zero-order valence-electron chi connectivity index (χ0n) is 23.8. The van der Waals surface area contributed by atoms with Gasteiger partial charge in [-0.15, -0.1) is 0 Å². The van der Waals surface area contributed by atoms with Gasteiger partial charge in [0.15, 0.2) is 9.84 Å². The van der Waals surface area contributed by atoms with E-state index in [2.05, 4.69) is 6.58 Å². The van der Waals surface area contributed by atoms with Gasteiger partial charge in [0.05, 0.1) is 16.7 Å². The molecule has 244 valence electrons. The Balaban J connectivity index is 1.46. The molecule has 2 bridgehead atoms. The topological polar surface area (TPSA) is 83.9 Å². The van der Waals surface area contributed by atoms with Crippen LogP contribution in [0.2, 0.25) is 0 Å². The Hall–Kier alpha value is -3.29. The number of sulfone groups is 1. The van der Waals surface area contributed by atoms with Gasteiger partial charge < -0.3 is 14.7 Å². The molecule has 3 aliphatic carbocycles. The molecule has 0 radical (unpaired) electrons. The SMILES string of the molecule is C=C(O)C12CCC(C(=O)N3CCC4(S(=O)(=O)c5ccccc5)c5ccc(C(F)(C(F)(F)F)C(F)(F)F)cc5OCC34)(CC1)CC2. The van der Waals surface area contributed by atoms with Crippen LogP contribution in [-0.4, -0.2) is 55.9 Å². The molecular weight excluding hydrogens is 631 g/mol. The van der Waals surface area contributed by atoms with Crippen molar-refractivity contribution in [1.29, 1.82) is 0 Å². The summed E-state index contributed by atoms with van der Waals surface area (Å²) in [6.07, 6.45) is -10.1. The van der Waals surface area contributed by atoms with Crippen molar-refractivity contribution in [2.75, 3.05) is 13.2 Å². The van der Waals surface area contributed by atoms with E-state index in [1.165, 1.54) is 29.2 Å². The lowest BCUT2D eigenvalue weighted by atomic mass is 9.53. The monoisotopic (exact) mass is 661 g/mol. The summed E-state index contributed by atoms with van der Waals surface area (Å²) in [5, 5.41) is 10.2. The number of benzene rings is 2. The number of amides is 1. The smallest absolute Gasteiger partial charge is 0.435 e. The van der Waals surface area contributed by atoms with Gasteiger partial charge in [0, 0.05) is 28.5 Å². The molecule has 2 aliphatic heterocycles. The summed E-state index contributed by atoms with van der Waals surface area (Å²) in [6.45, 7) is 3.08. The number of rotatable bonds is 5. The molecule has 2 aromatic rings. The van der Waals surface area contributed by atoms with Crippen molar-refractivity contribution in [3.63, 3.8) is 0 Å². The number of likely N-dealkylation sites (tertiary alicyclic amines) is 1. The Morgan fingerprint density at radius 1 is 0.867 bits per heavy atom. The van der Waals surface area contributed by atoms with E-state index in [-0.39, 0.29) is 41.2 Å². The number of aliphatic hydroxyl groups is 1. The Morgan fingerprint density at radius 3 is 1.96 bits per heavy atom. The second kappa shape index (κ2) is 9.85.